The van der Waals surface area contributed by atoms with Gasteiger partial charge in [0.15, 0.2) is 0 Å². The third kappa shape index (κ3) is 1.35. The van der Waals surface area contributed by atoms with Crippen molar-refractivity contribution in [2.45, 2.75) is 6.42 Å². The zero-order chi connectivity index (χ0) is 9.97. The molecule has 70 valence electrons. The maximum atomic E-state index is 10.5. The van der Waals surface area contributed by atoms with Crippen LogP contribution in [0, 0.1) is 0 Å². The standard InChI is InChI=1S/C12H10O2/c13-8-7-11-10-4-2-1-3-9(10)5-6-12(11)14/h1-6,8,14H,7H2. The summed E-state index contributed by atoms with van der Waals surface area (Å²) in [6, 6.07) is 11.2. The lowest BCUT2D eigenvalue weighted by Crippen LogP contribution is -1.88. The zero-order valence-electron chi connectivity index (χ0n) is 7.60. The van der Waals surface area contributed by atoms with E-state index in [-0.39, 0.29) is 12.2 Å². The minimum Gasteiger partial charge on any atom is -0.508 e. The molecule has 2 aromatic carbocycles. The van der Waals surface area contributed by atoms with Crippen molar-refractivity contribution in [3.05, 3.63) is 42.0 Å². The van der Waals surface area contributed by atoms with Crippen LogP contribution in [0.15, 0.2) is 36.4 Å². The van der Waals surface area contributed by atoms with E-state index in [2.05, 4.69) is 0 Å². The van der Waals surface area contributed by atoms with Gasteiger partial charge in [-0.3, -0.25) is 0 Å². The quantitative estimate of drug-likeness (QED) is 0.730. The normalized spacial score (nSPS) is 10.3. The first-order valence-electron chi connectivity index (χ1n) is 4.46. The van der Waals surface area contributed by atoms with Gasteiger partial charge in [-0.25, -0.2) is 0 Å². The van der Waals surface area contributed by atoms with E-state index < -0.39 is 0 Å². The van der Waals surface area contributed by atoms with Gasteiger partial charge in [-0.15, -0.1) is 0 Å². The van der Waals surface area contributed by atoms with Gasteiger partial charge in [0, 0.05) is 12.0 Å². The summed E-state index contributed by atoms with van der Waals surface area (Å²) in [6.07, 6.45) is 1.06. The molecule has 2 aromatic rings. The van der Waals surface area contributed by atoms with Crippen LogP contribution < -0.4 is 0 Å². The van der Waals surface area contributed by atoms with Crippen LogP contribution in [0.4, 0.5) is 0 Å². The number of carbonyl (C=O) groups excluding carboxylic acids is 1. The highest BCUT2D eigenvalue weighted by molar-refractivity contribution is 5.89. The summed E-state index contributed by atoms with van der Waals surface area (Å²) in [7, 11) is 0. The van der Waals surface area contributed by atoms with Crippen molar-refractivity contribution in [2.75, 3.05) is 0 Å². The van der Waals surface area contributed by atoms with Crippen molar-refractivity contribution in [1.29, 1.82) is 0 Å². The van der Waals surface area contributed by atoms with E-state index >= 15 is 0 Å². The van der Waals surface area contributed by atoms with Crippen LogP contribution in [0.2, 0.25) is 0 Å². The Morgan fingerprint density at radius 2 is 1.93 bits per heavy atom. The van der Waals surface area contributed by atoms with Gasteiger partial charge >= 0.3 is 0 Å². The molecule has 2 nitrogen and oxygen atoms in total. The second-order valence-corrected chi connectivity index (χ2v) is 3.16. The summed E-state index contributed by atoms with van der Waals surface area (Å²) in [4.78, 5) is 10.5. The van der Waals surface area contributed by atoms with Crippen molar-refractivity contribution < 1.29 is 9.90 Å². The Hall–Kier alpha value is -1.83. The summed E-state index contributed by atoms with van der Waals surface area (Å²) in [6.45, 7) is 0. The van der Waals surface area contributed by atoms with Gasteiger partial charge in [-0.1, -0.05) is 30.3 Å². The van der Waals surface area contributed by atoms with E-state index in [1.165, 1.54) is 0 Å². The van der Waals surface area contributed by atoms with Crippen molar-refractivity contribution in [3.8, 4) is 5.75 Å². The number of benzene rings is 2. The van der Waals surface area contributed by atoms with Gasteiger partial charge in [0.25, 0.3) is 0 Å². The third-order valence-corrected chi connectivity index (χ3v) is 2.30. The molecule has 2 rings (SSSR count). The highest BCUT2D eigenvalue weighted by Gasteiger charge is 2.04. The van der Waals surface area contributed by atoms with Gasteiger partial charge in [0.05, 0.1) is 0 Å². The number of hydrogen-bond donors (Lipinski definition) is 1. The highest BCUT2D eigenvalue weighted by atomic mass is 16.3. The fraction of sp³-hybridized carbons (Fsp3) is 0.0833. The van der Waals surface area contributed by atoms with Gasteiger partial charge in [-0.2, -0.15) is 0 Å². The van der Waals surface area contributed by atoms with E-state index in [0.717, 1.165) is 17.1 Å². The van der Waals surface area contributed by atoms with Crippen molar-refractivity contribution in [1.82, 2.24) is 0 Å². The number of aromatic hydroxyl groups is 1. The molecule has 0 heterocycles. The summed E-state index contributed by atoms with van der Waals surface area (Å²) < 4.78 is 0. The van der Waals surface area contributed by atoms with E-state index in [9.17, 15) is 9.90 Å². The third-order valence-electron chi connectivity index (χ3n) is 2.30. The van der Waals surface area contributed by atoms with Crippen LogP contribution in [0.3, 0.4) is 0 Å². The molecule has 14 heavy (non-hydrogen) atoms. The molecular weight excluding hydrogens is 176 g/mol. The van der Waals surface area contributed by atoms with Crippen LogP contribution in [0.5, 0.6) is 5.75 Å². The zero-order valence-corrected chi connectivity index (χ0v) is 7.60. The van der Waals surface area contributed by atoms with Gasteiger partial charge in [0.1, 0.15) is 12.0 Å². The molecule has 0 aliphatic rings. The number of phenols is 1. The van der Waals surface area contributed by atoms with Crippen molar-refractivity contribution in [2.24, 2.45) is 0 Å². The lowest BCUT2D eigenvalue weighted by molar-refractivity contribution is -0.107. The Balaban J connectivity index is 2.75. The average Bonchev–Trinajstić information content (AvgIpc) is 2.23. The molecule has 1 N–H and O–H groups in total. The largest absolute Gasteiger partial charge is 0.508 e. The summed E-state index contributed by atoms with van der Waals surface area (Å²) in [5.41, 5.74) is 0.707. The number of carbonyl (C=O) groups is 1. The SMILES string of the molecule is O=CCc1c(O)ccc2ccccc12. The van der Waals surface area contributed by atoms with Crippen molar-refractivity contribution in [3.63, 3.8) is 0 Å². The summed E-state index contributed by atoms with van der Waals surface area (Å²) in [5.74, 6) is 0.191. The smallest absolute Gasteiger partial charge is 0.124 e. The second kappa shape index (κ2) is 3.50. The highest BCUT2D eigenvalue weighted by Crippen LogP contribution is 2.26. The predicted octanol–water partition coefficient (Wildman–Crippen LogP) is 2.29. The van der Waals surface area contributed by atoms with Crippen LogP contribution in [-0.2, 0) is 11.2 Å². The average molecular weight is 186 g/mol. The molecule has 0 atom stereocenters. The number of aldehydes is 1. The van der Waals surface area contributed by atoms with Gasteiger partial charge < -0.3 is 9.90 Å². The van der Waals surface area contributed by atoms with Crippen LogP contribution in [0.1, 0.15) is 5.56 Å². The lowest BCUT2D eigenvalue weighted by Gasteiger charge is -2.05. The Labute approximate surface area is 81.8 Å². The minimum absolute atomic E-state index is 0.191. The number of phenolic OH excluding ortho intramolecular Hbond substituents is 1. The molecule has 0 bridgehead atoms. The van der Waals surface area contributed by atoms with E-state index in [0.29, 0.717) is 5.56 Å². The van der Waals surface area contributed by atoms with E-state index in [4.69, 9.17) is 0 Å². The van der Waals surface area contributed by atoms with Crippen LogP contribution >= 0.6 is 0 Å². The molecule has 0 spiro atoms. The second-order valence-electron chi connectivity index (χ2n) is 3.16. The summed E-state index contributed by atoms with van der Waals surface area (Å²) in [5, 5.41) is 11.6. The molecule has 0 aliphatic carbocycles. The van der Waals surface area contributed by atoms with Crippen molar-refractivity contribution >= 4 is 17.1 Å². The van der Waals surface area contributed by atoms with E-state index in [1.807, 2.05) is 30.3 Å². The molecule has 0 fully saturated rings. The molecular formula is C12H10O2. The molecule has 0 radical (unpaired) electrons. The Kier molecular flexibility index (Phi) is 2.19. The lowest BCUT2D eigenvalue weighted by atomic mass is 10.0. The molecule has 0 amide bonds. The number of fused-ring (bicyclic) bond motifs is 1. The Bertz CT molecular complexity index is 475. The Morgan fingerprint density at radius 3 is 2.71 bits per heavy atom. The summed E-state index contributed by atoms with van der Waals surface area (Å²) >= 11 is 0. The van der Waals surface area contributed by atoms with E-state index in [1.54, 1.807) is 6.07 Å². The maximum absolute atomic E-state index is 10.5. The first-order chi connectivity index (χ1) is 6.83. The molecule has 2 heteroatoms. The first-order valence-corrected chi connectivity index (χ1v) is 4.46. The van der Waals surface area contributed by atoms with Crippen LogP contribution in [-0.4, -0.2) is 11.4 Å². The number of hydrogen-bond acceptors (Lipinski definition) is 2. The molecule has 0 aliphatic heterocycles. The maximum Gasteiger partial charge on any atom is 0.124 e. The molecule has 0 saturated carbocycles. The first kappa shape index (κ1) is 8.75. The predicted molar refractivity (Wildman–Crippen MR) is 55.4 cm³/mol. The molecule has 0 unspecified atom stereocenters. The molecule has 0 saturated heterocycles. The fourth-order valence-corrected chi connectivity index (χ4v) is 1.62. The molecule has 0 aromatic heterocycles. The van der Waals surface area contributed by atoms with Crippen LogP contribution in [0.25, 0.3) is 10.8 Å². The Morgan fingerprint density at radius 1 is 1.14 bits per heavy atom. The fourth-order valence-electron chi connectivity index (χ4n) is 1.62. The topological polar surface area (TPSA) is 37.3 Å². The monoisotopic (exact) mass is 186 g/mol. The van der Waals surface area contributed by atoms with Gasteiger partial charge in [0.2, 0.25) is 0 Å². The number of rotatable bonds is 2. The van der Waals surface area contributed by atoms with Gasteiger partial charge in [-0.05, 0) is 16.8 Å². The minimum atomic E-state index is 0.191.